The summed E-state index contributed by atoms with van der Waals surface area (Å²) in [6.45, 7) is 0. The van der Waals surface area contributed by atoms with Gasteiger partial charge in [0.2, 0.25) is 5.95 Å². The molecular formula is C11H10FN3O2. The smallest absolute Gasteiger partial charge is 0.252 e. The highest BCUT2D eigenvalue weighted by Crippen LogP contribution is 2.28. The number of H-pyrrole nitrogens is 1. The minimum absolute atomic E-state index is 0.0289. The van der Waals surface area contributed by atoms with Gasteiger partial charge in [-0.15, -0.1) is 0 Å². The lowest BCUT2D eigenvalue weighted by molar-refractivity contribution is 0.415. The number of aromatic nitrogens is 2. The lowest BCUT2D eigenvalue weighted by atomic mass is 10.1. The van der Waals surface area contributed by atoms with E-state index in [2.05, 4.69) is 9.97 Å². The zero-order valence-corrected chi connectivity index (χ0v) is 9.03. The highest BCUT2D eigenvalue weighted by atomic mass is 19.1. The lowest BCUT2D eigenvalue weighted by Gasteiger charge is -2.07. The molecule has 1 heterocycles. The van der Waals surface area contributed by atoms with Crippen LogP contribution in [0, 0.1) is 5.82 Å². The Bertz CT molecular complexity index is 610. The van der Waals surface area contributed by atoms with Crippen LogP contribution in [0.4, 0.5) is 10.3 Å². The Hall–Kier alpha value is -2.37. The molecule has 6 heteroatoms. The maximum atomic E-state index is 13.2. The van der Waals surface area contributed by atoms with Gasteiger partial charge in [0, 0.05) is 11.6 Å². The van der Waals surface area contributed by atoms with Crippen LogP contribution in [0.5, 0.6) is 5.75 Å². The fraction of sp³-hybridized carbons (Fsp3) is 0.0909. The number of nitrogen functional groups attached to an aromatic ring is 1. The summed E-state index contributed by atoms with van der Waals surface area (Å²) in [7, 11) is 1.45. The second-order valence-electron chi connectivity index (χ2n) is 3.36. The third-order valence-electron chi connectivity index (χ3n) is 2.20. The van der Waals surface area contributed by atoms with Gasteiger partial charge in [0.05, 0.1) is 12.8 Å². The molecule has 0 spiro atoms. The number of hydrogen-bond acceptors (Lipinski definition) is 4. The number of nitrogens with one attached hydrogen (secondary N) is 1. The third-order valence-corrected chi connectivity index (χ3v) is 2.20. The van der Waals surface area contributed by atoms with E-state index in [1.165, 1.54) is 31.4 Å². The predicted octanol–water partition coefficient (Wildman–Crippen LogP) is 1.17. The van der Waals surface area contributed by atoms with Crippen molar-refractivity contribution in [3.63, 3.8) is 0 Å². The monoisotopic (exact) mass is 235 g/mol. The summed E-state index contributed by atoms with van der Waals surface area (Å²) in [6, 6.07) is 5.19. The van der Waals surface area contributed by atoms with E-state index < -0.39 is 11.4 Å². The van der Waals surface area contributed by atoms with Gasteiger partial charge in [0.15, 0.2) is 0 Å². The van der Waals surface area contributed by atoms with Crippen molar-refractivity contribution in [1.29, 1.82) is 0 Å². The van der Waals surface area contributed by atoms with Crippen LogP contribution in [-0.4, -0.2) is 17.1 Å². The van der Waals surface area contributed by atoms with Gasteiger partial charge in [0.25, 0.3) is 5.56 Å². The summed E-state index contributed by atoms with van der Waals surface area (Å²) >= 11 is 0. The molecule has 3 N–H and O–H groups in total. The number of anilines is 1. The largest absolute Gasteiger partial charge is 0.496 e. The number of rotatable bonds is 2. The molecule has 17 heavy (non-hydrogen) atoms. The topological polar surface area (TPSA) is 81.0 Å². The van der Waals surface area contributed by atoms with Crippen LogP contribution in [0.2, 0.25) is 0 Å². The van der Waals surface area contributed by atoms with Gasteiger partial charge in [-0.2, -0.15) is 0 Å². The quantitative estimate of drug-likeness (QED) is 0.818. The van der Waals surface area contributed by atoms with Gasteiger partial charge in [-0.1, -0.05) is 0 Å². The highest BCUT2D eigenvalue weighted by molar-refractivity contribution is 5.67. The molecule has 1 aromatic heterocycles. The van der Waals surface area contributed by atoms with Crippen molar-refractivity contribution >= 4 is 5.95 Å². The molecule has 0 unspecified atom stereocenters. The summed E-state index contributed by atoms with van der Waals surface area (Å²) < 4.78 is 18.2. The van der Waals surface area contributed by atoms with E-state index in [-0.39, 0.29) is 11.6 Å². The van der Waals surface area contributed by atoms with E-state index in [1.807, 2.05) is 0 Å². The first-order chi connectivity index (χ1) is 8.10. The van der Waals surface area contributed by atoms with Crippen molar-refractivity contribution in [1.82, 2.24) is 9.97 Å². The molecule has 1 aromatic carbocycles. The van der Waals surface area contributed by atoms with Crippen molar-refractivity contribution < 1.29 is 9.13 Å². The van der Waals surface area contributed by atoms with E-state index in [9.17, 15) is 9.18 Å². The van der Waals surface area contributed by atoms with E-state index in [1.54, 1.807) is 0 Å². The molecule has 2 rings (SSSR count). The minimum atomic E-state index is -0.443. The van der Waals surface area contributed by atoms with Crippen molar-refractivity contribution in [2.24, 2.45) is 0 Å². The molecule has 0 fully saturated rings. The number of aromatic amines is 1. The normalized spacial score (nSPS) is 10.2. The summed E-state index contributed by atoms with van der Waals surface area (Å²) in [5.41, 5.74) is 5.67. The lowest BCUT2D eigenvalue weighted by Crippen LogP contribution is -2.10. The molecule has 5 nitrogen and oxygen atoms in total. The zero-order chi connectivity index (χ0) is 12.4. The van der Waals surface area contributed by atoms with Crippen LogP contribution >= 0.6 is 0 Å². The SMILES string of the molecule is COc1ccc(F)cc1-c1cc(=O)[nH]c(N)n1. The van der Waals surface area contributed by atoms with Gasteiger partial charge in [-0.3, -0.25) is 9.78 Å². The minimum Gasteiger partial charge on any atom is -0.496 e. The molecule has 0 radical (unpaired) electrons. The Balaban J connectivity index is 2.66. The van der Waals surface area contributed by atoms with Crippen LogP contribution in [0.1, 0.15) is 0 Å². The maximum absolute atomic E-state index is 13.2. The average Bonchev–Trinajstić information content (AvgIpc) is 2.27. The van der Waals surface area contributed by atoms with Crippen molar-refractivity contribution in [2.45, 2.75) is 0 Å². The molecule has 0 aliphatic heterocycles. The Morgan fingerprint density at radius 3 is 2.82 bits per heavy atom. The first kappa shape index (κ1) is 11.1. The van der Waals surface area contributed by atoms with Crippen LogP contribution < -0.4 is 16.0 Å². The van der Waals surface area contributed by atoms with E-state index in [4.69, 9.17) is 10.5 Å². The number of nitrogens with zero attached hydrogens (tertiary/aromatic N) is 1. The van der Waals surface area contributed by atoms with E-state index in [0.29, 0.717) is 11.3 Å². The molecule has 88 valence electrons. The van der Waals surface area contributed by atoms with Crippen molar-refractivity contribution in [3.05, 3.63) is 40.4 Å². The number of benzene rings is 1. The Kier molecular flexibility index (Phi) is 2.78. The fourth-order valence-electron chi connectivity index (χ4n) is 1.49. The molecule has 2 aromatic rings. The first-order valence-electron chi connectivity index (χ1n) is 4.81. The van der Waals surface area contributed by atoms with Gasteiger partial charge in [-0.25, -0.2) is 9.37 Å². The Morgan fingerprint density at radius 2 is 2.18 bits per heavy atom. The number of hydrogen-bond donors (Lipinski definition) is 2. The molecule has 0 bridgehead atoms. The first-order valence-corrected chi connectivity index (χ1v) is 4.81. The maximum Gasteiger partial charge on any atom is 0.252 e. The summed E-state index contributed by atoms with van der Waals surface area (Å²) in [6.07, 6.45) is 0. The average molecular weight is 235 g/mol. The second kappa shape index (κ2) is 4.25. The molecule has 0 amide bonds. The van der Waals surface area contributed by atoms with Crippen LogP contribution in [0.15, 0.2) is 29.1 Å². The van der Waals surface area contributed by atoms with E-state index in [0.717, 1.165) is 0 Å². The molecule has 0 saturated heterocycles. The summed E-state index contributed by atoms with van der Waals surface area (Å²) in [5.74, 6) is -0.0517. The Morgan fingerprint density at radius 1 is 1.41 bits per heavy atom. The number of halogens is 1. The van der Waals surface area contributed by atoms with Gasteiger partial charge in [0.1, 0.15) is 11.6 Å². The Labute approximate surface area is 96.1 Å². The summed E-state index contributed by atoms with van der Waals surface area (Å²) in [5, 5.41) is 0. The van der Waals surface area contributed by atoms with Crippen molar-refractivity contribution in [2.75, 3.05) is 12.8 Å². The third kappa shape index (κ3) is 2.25. The second-order valence-corrected chi connectivity index (χ2v) is 3.36. The van der Waals surface area contributed by atoms with Crippen LogP contribution in [-0.2, 0) is 0 Å². The fourth-order valence-corrected chi connectivity index (χ4v) is 1.49. The van der Waals surface area contributed by atoms with Crippen LogP contribution in [0.3, 0.4) is 0 Å². The highest BCUT2D eigenvalue weighted by Gasteiger charge is 2.10. The van der Waals surface area contributed by atoms with Crippen LogP contribution in [0.25, 0.3) is 11.3 Å². The van der Waals surface area contributed by atoms with Gasteiger partial charge >= 0.3 is 0 Å². The number of methoxy groups -OCH3 is 1. The van der Waals surface area contributed by atoms with Gasteiger partial charge in [-0.05, 0) is 18.2 Å². The standard InChI is InChI=1S/C11H10FN3O2/c1-17-9-3-2-6(12)4-7(9)8-5-10(16)15-11(13)14-8/h2-5H,1H3,(H3,13,14,15,16). The molecule has 0 aliphatic rings. The van der Waals surface area contributed by atoms with Crippen molar-refractivity contribution in [3.8, 4) is 17.0 Å². The summed E-state index contributed by atoms with van der Waals surface area (Å²) in [4.78, 5) is 17.5. The molecule has 0 saturated carbocycles. The van der Waals surface area contributed by atoms with Gasteiger partial charge < -0.3 is 10.5 Å². The number of nitrogens with two attached hydrogens (primary N) is 1. The molecule has 0 aliphatic carbocycles. The number of ether oxygens (including phenoxy) is 1. The molecular weight excluding hydrogens is 225 g/mol. The van der Waals surface area contributed by atoms with E-state index >= 15 is 0 Å². The zero-order valence-electron chi connectivity index (χ0n) is 9.03. The molecule has 0 atom stereocenters. The predicted molar refractivity (Wildman–Crippen MR) is 61.2 cm³/mol.